The molecule has 0 saturated heterocycles. The lowest BCUT2D eigenvalue weighted by atomic mass is 9.86. The van der Waals surface area contributed by atoms with Crippen molar-refractivity contribution in [2.45, 2.75) is 43.5 Å². The molecule has 0 unspecified atom stereocenters. The van der Waals surface area contributed by atoms with Crippen LogP contribution in [-0.2, 0) is 14.8 Å². The van der Waals surface area contributed by atoms with E-state index in [1.807, 2.05) is 31.2 Å². The summed E-state index contributed by atoms with van der Waals surface area (Å²) in [4.78, 5) is 26.9. The number of hydrogen-bond acceptors (Lipinski definition) is 4. The van der Waals surface area contributed by atoms with Gasteiger partial charge in [-0.2, -0.15) is 0 Å². The van der Waals surface area contributed by atoms with Gasteiger partial charge in [0.15, 0.2) is 0 Å². The number of carbonyl (C=O) groups excluding carboxylic acids is 2. The molecule has 0 atom stereocenters. The molecule has 1 fully saturated rings. The standard InChI is InChI=1S/C27H31N3O4S/c1-18-8-4-5-9-21(18)26(31)28-24-16-17-25(23-11-7-6-10-22(23)24)35(33,34)29-20-14-12-19(13-15-20)27(32)30(2)3/h4-11,16-17,19-20,29H,12-15H2,1-3H3,(H,28,31). The lowest BCUT2D eigenvalue weighted by Crippen LogP contribution is -2.40. The molecule has 1 aliphatic carbocycles. The molecule has 0 heterocycles. The van der Waals surface area contributed by atoms with Crippen LogP contribution in [0.4, 0.5) is 5.69 Å². The van der Waals surface area contributed by atoms with Crippen LogP contribution in [0.3, 0.4) is 0 Å². The first-order valence-electron chi connectivity index (χ1n) is 11.8. The first kappa shape index (κ1) is 24.9. The third kappa shape index (κ3) is 5.39. The van der Waals surface area contributed by atoms with Crippen LogP contribution >= 0.6 is 0 Å². The van der Waals surface area contributed by atoms with Crippen molar-refractivity contribution in [2.24, 2.45) is 5.92 Å². The van der Waals surface area contributed by atoms with Crippen molar-refractivity contribution in [3.8, 4) is 0 Å². The zero-order chi connectivity index (χ0) is 25.2. The number of anilines is 1. The Morgan fingerprint density at radius 3 is 2.14 bits per heavy atom. The summed E-state index contributed by atoms with van der Waals surface area (Å²) in [5.74, 6) is -0.200. The van der Waals surface area contributed by atoms with Crippen LogP contribution in [0.25, 0.3) is 10.8 Å². The molecule has 184 valence electrons. The average molecular weight is 494 g/mol. The molecule has 1 aliphatic rings. The zero-order valence-corrected chi connectivity index (χ0v) is 21.1. The highest BCUT2D eigenvalue weighted by Gasteiger charge is 2.30. The molecule has 1 saturated carbocycles. The summed E-state index contributed by atoms with van der Waals surface area (Å²) in [6, 6.07) is 17.4. The summed E-state index contributed by atoms with van der Waals surface area (Å²) < 4.78 is 29.6. The summed E-state index contributed by atoms with van der Waals surface area (Å²) in [6.07, 6.45) is 2.56. The maximum Gasteiger partial charge on any atom is 0.255 e. The van der Waals surface area contributed by atoms with Crippen molar-refractivity contribution in [2.75, 3.05) is 19.4 Å². The van der Waals surface area contributed by atoms with E-state index in [0.717, 1.165) is 5.56 Å². The summed E-state index contributed by atoms with van der Waals surface area (Å²) >= 11 is 0. The molecular weight excluding hydrogens is 462 g/mol. The van der Waals surface area contributed by atoms with Gasteiger partial charge in [-0.1, -0.05) is 42.5 Å². The van der Waals surface area contributed by atoms with E-state index in [0.29, 0.717) is 47.7 Å². The van der Waals surface area contributed by atoms with Gasteiger partial charge in [-0.15, -0.1) is 0 Å². The maximum atomic E-state index is 13.4. The normalized spacial score (nSPS) is 18.3. The second-order valence-corrected chi connectivity index (χ2v) is 11.0. The van der Waals surface area contributed by atoms with Gasteiger partial charge in [0.1, 0.15) is 0 Å². The van der Waals surface area contributed by atoms with Gasteiger partial charge < -0.3 is 10.2 Å². The fourth-order valence-electron chi connectivity index (χ4n) is 4.74. The minimum Gasteiger partial charge on any atom is -0.349 e. The molecule has 35 heavy (non-hydrogen) atoms. The fraction of sp³-hybridized carbons (Fsp3) is 0.333. The summed E-state index contributed by atoms with van der Waals surface area (Å²) in [6.45, 7) is 1.87. The molecular formula is C27H31N3O4S. The molecule has 7 nitrogen and oxygen atoms in total. The third-order valence-electron chi connectivity index (χ3n) is 6.65. The molecule has 2 amide bonds. The predicted molar refractivity (Wildman–Crippen MR) is 138 cm³/mol. The van der Waals surface area contributed by atoms with E-state index < -0.39 is 10.0 Å². The van der Waals surface area contributed by atoms with E-state index in [1.165, 1.54) is 0 Å². The van der Waals surface area contributed by atoms with Crippen LogP contribution in [0.5, 0.6) is 0 Å². The molecule has 0 bridgehead atoms. The van der Waals surface area contributed by atoms with Crippen molar-refractivity contribution in [1.29, 1.82) is 0 Å². The summed E-state index contributed by atoms with van der Waals surface area (Å²) in [5, 5.41) is 4.13. The highest BCUT2D eigenvalue weighted by molar-refractivity contribution is 7.89. The Labute approximate surface area is 206 Å². The van der Waals surface area contributed by atoms with Crippen molar-refractivity contribution in [1.82, 2.24) is 9.62 Å². The zero-order valence-electron chi connectivity index (χ0n) is 20.2. The van der Waals surface area contributed by atoms with E-state index in [4.69, 9.17) is 0 Å². The van der Waals surface area contributed by atoms with E-state index >= 15 is 0 Å². The van der Waals surface area contributed by atoms with Gasteiger partial charge >= 0.3 is 0 Å². The SMILES string of the molecule is Cc1ccccc1C(=O)Nc1ccc(S(=O)(=O)NC2CCC(C(=O)N(C)C)CC2)c2ccccc12. The third-order valence-corrected chi connectivity index (χ3v) is 8.23. The molecule has 0 aliphatic heterocycles. The number of amides is 2. The quantitative estimate of drug-likeness (QED) is 0.534. The monoisotopic (exact) mass is 493 g/mol. The van der Waals surface area contributed by atoms with Crippen molar-refractivity contribution in [3.63, 3.8) is 0 Å². The van der Waals surface area contributed by atoms with Gasteiger partial charge in [0, 0.05) is 48.1 Å². The van der Waals surface area contributed by atoms with Gasteiger partial charge in [0.05, 0.1) is 4.90 Å². The lowest BCUT2D eigenvalue weighted by Gasteiger charge is -2.29. The minimum atomic E-state index is -3.80. The van der Waals surface area contributed by atoms with E-state index in [-0.39, 0.29) is 28.7 Å². The molecule has 3 aromatic rings. The Kier molecular flexibility index (Phi) is 7.23. The summed E-state index contributed by atoms with van der Waals surface area (Å²) in [5.41, 5.74) is 1.98. The molecule has 8 heteroatoms. The highest BCUT2D eigenvalue weighted by atomic mass is 32.2. The number of nitrogens with one attached hydrogen (secondary N) is 2. The largest absolute Gasteiger partial charge is 0.349 e. The Morgan fingerprint density at radius 1 is 0.857 bits per heavy atom. The maximum absolute atomic E-state index is 13.4. The number of rotatable bonds is 6. The van der Waals surface area contributed by atoms with Crippen LogP contribution in [0, 0.1) is 12.8 Å². The van der Waals surface area contributed by atoms with Crippen molar-refractivity contribution in [3.05, 3.63) is 71.8 Å². The van der Waals surface area contributed by atoms with E-state index in [9.17, 15) is 18.0 Å². The molecule has 2 N–H and O–H groups in total. The average Bonchev–Trinajstić information content (AvgIpc) is 2.84. The van der Waals surface area contributed by atoms with Crippen molar-refractivity contribution < 1.29 is 18.0 Å². The Hall–Kier alpha value is -3.23. The van der Waals surface area contributed by atoms with Gasteiger partial charge in [0.2, 0.25) is 15.9 Å². The Morgan fingerprint density at radius 2 is 1.49 bits per heavy atom. The molecule has 0 spiro atoms. The number of sulfonamides is 1. The Balaban J connectivity index is 1.56. The first-order valence-corrected chi connectivity index (χ1v) is 13.3. The van der Waals surface area contributed by atoms with Gasteiger partial charge in [-0.05, 0) is 56.4 Å². The Bertz CT molecular complexity index is 1360. The lowest BCUT2D eigenvalue weighted by molar-refractivity contribution is -0.134. The van der Waals surface area contributed by atoms with Crippen LogP contribution in [-0.4, -0.2) is 45.3 Å². The first-order chi connectivity index (χ1) is 16.7. The van der Waals surface area contributed by atoms with Crippen molar-refractivity contribution >= 4 is 38.3 Å². The second-order valence-electron chi connectivity index (χ2n) is 9.33. The molecule has 3 aromatic carbocycles. The van der Waals surface area contributed by atoms with Gasteiger partial charge in [0.25, 0.3) is 5.91 Å². The van der Waals surface area contributed by atoms with E-state index in [2.05, 4.69) is 10.0 Å². The molecule has 0 aromatic heterocycles. The van der Waals surface area contributed by atoms with Crippen LogP contribution in [0.15, 0.2) is 65.6 Å². The predicted octanol–water partition coefficient (Wildman–Crippen LogP) is 4.33. The fourth-order valence-corrected chi connectivity index (χ4v) is 6.25. The number of aryl methyl sites for hydroxylation is 1. The number of benzene rings is 3. The minimum absolute atomic E-state index is 0.0530. The topological polar surface area (TPSA) is 95.6 Å². The van der Waals surface area contributed by atoms with Crippen LogP contribution in [0.2, 0.25) is 0 Å². The molecule has 0 radical (unpaired) electrons. The van der Waals surface area contributed by atoms with Crippen LogP contribution < -0.4 is 10.0 Å². The van der Waals surface area contributed by atoms with Gasteiger partial charge in [-0.25, -0.2) is 13.1 Å². The molecule has 4 rings (SSSR count). The van der Waals surface area contributed by atoms with E-state index in [1.54, 1.807) is 55.4 Å². The smallest absolute Gasteiger partial charge is 0.255 e. The number of hydrogen-bond donors (Lipinski definition) is 2. The number of nitrogens with zero attached hydrogens (tertiary/aromatic N) is 1. The van der Waals surface area contributed by atoms with Crippen LogP contribution in [0.1, 0.15) is 41.6 Å². The number of fused-ring (bicyclic) bond motifs is 1. The number of carbonyl (C=O) groups is 2. The summed E-state index contributed by atoms with van der Waals surface area (Å²) in [7, 11) is -0.312. The highest BCUT2D eigenvalue weighted by Crippen LogP contribution is 2.32. The van der Waals surface area contributed by atoms with Gasteiger partial charge in [-0.3, -0.25) is 9.59 Å². The second kappa shape index (κ2) is 10.2.